The van der Waals surface area contributed by atoms with Crippen LogP contribution in [0.1, 0.15) is 247 Å². The highest BCUT2D eigenvalue weighted by atomic mass is 16.6. The van der Waals surface area contributed by atoms with Crippen molar-refractivity contribution < 1.29 is 28.6 Å². The molecule has 6 nitrogen and oxygen atoms in total. The summed E-state index contributed by atoms with van der Waals surface area (Å²) in [6.07, 6.45) is 35.3. The third-order valence-corrected chi connectivity index (χ3v) is 10.8. The Labute approximate surface area is 329 Å². The van der Waals surface area contributed by atoms with E-state index in [4.69, 9.17) is 14.2 Å². The Hall–Kier alpha value is -1.59. The molecule has 53 heavy (non-hydrogen) atoms. The topological polar surface area (TPSA) is 78.9 Å². The number of carbonyl (C=O) groups is 3. The molecule has 6 heteroatoms. The lowest BCUT2D eigenvalue weighted by Gasteiger charge is -2.18. The summed E-state index contributed by atoms with van der Waals surface area (Å²) in [6.45, 7) is 13.6. The van der Waals surface area contributed by atoms with Gasteiger partial charge < -0.3 is 14.2 Å². The fourth-order valence-electron chi connectivity index (χ4n) is 6.85. The van der Waals surface area contributed by atoms with Gasteiger partial charge in [-0.15, -0.1) is 0 Å². The van der Waals surface area contributed by atoms with Crippen LogP contribution in [-0.4, -0.2) is 37.2 Å². The van der Waals surface area contributed by atoms with E-state index >= 15 is 0 Å². The second-order valence-corrected chi connectivity index (χ2v) is 17.2. The van der Waals surface area contributed by atoms with E-state index in [0.717, 1.165) is 75.5 Å². The van der Waals surface area contributed by atoms with Gasteiger partial charge in [-0.3, -0.25) is 14.4 Å². The van der Waals surface area contributed by atoms with Crippen molar-refractivity contribution in [2.75, 3.05) is 13.2 Å². The lowest BCUT2D eigenvalue weighted by atomic mass is 10.00. The number of esters is 3. The lowest BCUT2D eigenvalue weighted by molar-refractivity contribution is -0.167. The fraction of sp³-hybridized carbons (Fsp3) is 0.936. The first-order valence-electron chi connectivity index (χ1n) is 23.1. The van der Waals surface area contributed by atoms with Crippen molar-refractivity contribution in [1.82, 2.24) is 0 Å². The third kappa shape index (κ3) is 39.9. The van der Waals surface area contributed by atoms with E-state index in [2.05, 4.69) is 41.5 Å². The van der Waals surface area contributed by atoms with Gasteiger partial charge in [-0.05, 0) is 37.0 Å². The highest BCUT2D eigenvalue weighted by molar-refractivity contribution is 5.71. The monoisotopic (exact) mass is 751 g/mol. The van der Waals surface area contributed by atoms with Crippen molar-refractivity contribution >= 4 is 17.9 Å². The van der Waals surface area contributed by atoms with E-state index in [1.54, 1.807) is 0 Å². The summed E-state index contributed by atoms with van der Waals surface area (Å²) >= 11 is 0. The zero-order valence-corrected chi connectivity index (χ0v) is 36.3. The van der Waals surface area contributed by atoms with Crippen LogP contribution in [0.3, 0.4) is 0 Å². The Balaban J connectivity index is 4.28. The number of unbranched alkanes of at least 4 members (excludes halogenated alkanes) is 22. The van der Waals surface area contributed by atoms with Gasteiger partial charge in [0.2, 0.25) is 0 Å². The average molecular weight is 751 g/mol. The van der Waals surface area contributed by atoms with Gasteiger partial charge in [0.1, 0.15) is 13.2 Å². The highest BCUT2D eigenvalue weighted by Crippen LogP contribution is 2.17. The molecular formula is C47H90O6. The van der Waals surface area contributed by atoms with Gasteiger partial charge >= 0.3 is 17.9 Å². The van der Waals surface area contributed by atoms with Crippen molar-refractivity contribution in [1.29, 1.82) is 0 Å². The molecule has 0 aromatic rings. The van der Waals surface area contributed by atoms with Crippen molar-refractivity contribution in [2.24, 2.45) is 17.8 Å². The molecule has 0 aliphatic rings. The summed E-state index contributed by atoms with van der Waals surface area (Å²) < 4.78 is 16.7. The Kier molecular flexibility index (Phi) is 37.5. The Morgan fingerprint density at radius 3 is 0.981 bits per heavy atom. The van der Waals surface area contributed by atoms with Gasteiger partial charge in [0.15, 0.2) is 6.10 Å². The summed E-state index contributed by atoms with van der Waals surface area (Å²) in [7, 11) is 0. The maximum atomic E-state index is 12.7. The maximum absolute atomic E-state index is 12.7. The quantitative estimate of drug-likeness (QED) is 0.0352. The SMILES string of the molecule is CCC(C)CCCCCCCCC(=O)OC[C@@H](COC(=O)CCCCCCCCCCCCCCCC(C)C)OC(=O)CCCCCCCCC(C)C. The summed E-state index contributed by atoms with van der Waals surface area (Å²) in [6, 6.07) is 0. The normalized spacial score (nSPS) is 12.7. The molecule has 1 unspecified atom stereocenters. The number of carbonyl (C=O) groups excluding carboxylic acids is 3. The van der Waals surface area contributed by atoms with Crippen LogP contribution in [0, 0.1) is 17.8 Å². The Morgan fingerprint density at radius 1 is 0.377 bits per heavy atom. The fourth-order valence-corrected chi connectivity index (χ4v) is 6.85. The Bertz CT molecular complexity index is 824. The van der Waals surface area contributed by atoms with Crippen molar-refractivity contribution in [3.8, 4) is 0 Å². The van der Waals surface area contributed by atoms with Crippen LogP contribution >= 0.6 is 0 Å². The van der Waals surface area contributed by atoms with Crippen molar-refractivity contribution in [3.05, 3.63) is 0 Å². The highest BCUT2D eigenvalue weighted by Gasteiger charge is 2.19. The molecule has 0 aliphatic carbocycles. The smallest absolute Gasteiger partial charge is 0.306 e. The zero-order valence-electron chi connectivity index (χ0n) is 36.3. The molecule has 0 fully saturated rings. The number of ether oxygens (including phenoxy) is 3. The molecule has 0 N–H and O–H groups in total. The van der Waals surface area contributed by atoms with E-state index in [1.807, 2.05) is 0 Å². The largest absolute Gasteiger partial charge is 0.462 e. The molecule has 314 valence electrons. The summed E-state index contributed by atoms with van der Waals surface area (Å²) in [5.41, 5.74) is 0. The van der Waals surface area contributed by atoms with Crippen LogP contribution in [0.15, 0.2) is 0 Å². The van der Waals surface area contributed by atoms with E-state index in [9.17, 15) is 14.4 Å². The zero-order chi connectivity index (χ0) is 39.2. The van der Waals surface area contributed by atoms with Crippen LogP contribution in [0.25, 0.3) is 0 Å². The third-order valence-electron chi connectivity index (χ3n) is 10.8. The second-order valence-electron chi connectivity index (χ2n) is 17.2. The molecule has 0 aromatic heterocycles. The summed E-state index contributed by atoms with van der Waals surface area (Å²) in [4.78, 5) is 37.7. The first-order valence-corrected chi connectivity index (χ1v) is 23.1. The first kappa shape index (κ1) is 51.4. The maximum Gasteiger partial charge on any atom is 0.306 e. The molecule has 0 saturated heterocycles. The van der Waals surface area contributed by atoms with Gasteiger partial charge in [0.05, 0.1) is 0 Å². The molecule has 2 atom stereocenters. The van der Waals surface area contributed by atoms with Gasteiger partial charge in [-0.25, -0.2) is 0 Å². The van der Waals surface area contributed by atoms with E-state index in [1.165, 1.54) is 128 Å². The van der Waals surface area contributed by atoms with Crippen LogP contribution in [0.4, 0.5) is 0 Å². The van der Waals surface area contributed by atoms with Crippen LogP contribution in [0.5, 0.6) is 0 Å². The second kappa shape index (κ2) is 38.7. The molecule has 0 heterocycles. The molecule has 0 bridgehead atoms. The molecule has 0 aromatic carbocycles. The minimum Gasteiger partial charge on any atom is -0.462 e. The van der Waals surface area contributed by atoms with Crippen molar-refractivity contribution in [3.63, 3.8) is 0 Å². The number of hydrogen-bond donors (Lipinski definition) is 0. The van der Waals surface area contributed by atoms with Gasteiger partial charge in [-0.1, -0.05) is 208 Å². The summed E-state index contributed by atoms with van der Waals surface area (Å²) in [5, 5.41) is 0. The lowest BCUT2D eigenvalue weighted by Crippen LogP contribution is -2.30. The van der Waals surface area contributed by atoms with Crippen LogP contribution in [0.2, 0.25) is 0 Å². The minimum absolute atomic E-state index is 0.0672. The first-order chi connectivity index (χ1) is 25.6. The molecule has 0 amide bonds. The van der Waals surface area contributed by atoms with Crippen LogP contribution in [-0.2, 0) is 28.6 Å². The van der Waals surface area contributed by atoms with Gasteiger partial charge in [0.25, 0.3) is 0 Å². The van der Waals surface area contributed by atoms with Crippen molar-refractivity contribution in [2.45, 2.75) is 253 Å². The van der Waals surface area contributed by atoms with E-state index < -0.39 is 6.10 Å². The number of rotatable bonds is 40. The van der Waals surface area contributed by atoms with Gasteiger partial charge in [-0.2, -0.15) is 0 Å². The molecule has 0 saturated carbocycles. The predicted octanol–water partition coefficient (Wildman–Crippen LogP) is 14.4. The molecule has 0 rings (SSSR count). The molecule has 0 aliphatic heterocycles. The standard InChI is InChI=1S/C47H90O6/c1-7-43(6)35-29-23-18-20-25-31-37-46(49)52-40-44(53-47(50)38-32-26-19-17-22-28-34-42(4)5)39-51-45(48)36-30-24-16-14-12-10-8-9-11-13-15-21-27-33-41(2)3/h41-44H,7-40H2,1-6H3/t43?,44-/m1/s1. The van der Waals surface area contributed by atoms with Crippen LogP contribution < -0.4 is 0 Å². The Morgan fingerprint density at radius 2 is 0.660 bits per heavy atom. The minimum atomic E-state index is -0.762. The number of hydrogen-bond acceptors (Lipinski definition) is 6. The molecular weight excluding hydrogens is 661 g/mol. The van der Waals surface area contributed by atoms with E-state index in [-0.39, 0.29) is 31.1 Å². The predicted molar refractivity (Wildman–Crippen MR) is 224 cm³/mol. The van der Waals surface area contributed by atoms with E-state index in [0.29, 0.717) is 19.3 Å². The molecule has 0 spiro atoms. The molecule has 0 radical (unpaired) electrons. The average Bonchev–Trinajstić information content (AvgIpc) is 3.12. The van der Waals surface area contributed by atoms with Gasteiger partial charge in [0, 0.05) is 19.3 Å². The summed E-state index contributed by atoms with van der Waals surface area (Å²) in [5.74, 6) is 1.54.